The van der Waals surface area contributed by atoms with Gasteiger partial charge in [0.1, 0.15) is 4.32 Å². The summed E-state index contributed by atoms with van der Waals surface area (Å²) in [5, 5.41) is 0.755. The second-order valence-corrected chi connectivity index (χ2v) is 10.2. The fraction of sp³-hybridized carbons (Fsp3) is 0.750. The maximum absolute atomic E-state index is 5.66. The van der Waals surface area contributed by atoms with Crippen LogP contribution in [0.2, 0.25) is 0 Å². The van der Waals surface area contributed by atoms with E-state index in [0.717, 1.165) is 26.6 Å². The summed E-state index contributed by atoms with van der Waals surface area (Å²) in [4.78, 5) is 4.06. The van der Waals surface area contributed by atoms with E-state index in [2.05, 4.69) is 9.47 Å². The van der Waals surface area contributed by atoms with Crippen molar-refractivity contribution in [3.8, 4) is 0 Å². The number of thioether (sulfide) groups is 1. The number of hydrogen-bond donors (Lipinski definition) is 0. The van der Waals surface area contributed by atoms with Crippen LogP contribution in [-0.2, 0) is 19.4 Å². The van der Waals surface area contributed by atoms with Crippen LogP contribution in [-0.4, -0.2) is 31.6 Å². The van der Waals surface area contributed by atoms with Gasteiger partial charge in [-0.15, -0.1) is 11.3 Å². The highest BCUT2D eigenvalue weighted by molar-refractivity contribution is 8.23. The van der Waals surface area contributed by atoms with E-state index in [4.69, 9.17) is 24.4 Å². The van der Waals surface area contributed by atoms with Crippen molar-refractivity contribution in [3.63, 3.8) is 0 Å². The molecule has 22 heavy (non-hydrogen) atoms. The SMILES string of the molecule is S=C1SC2CCCCC2N1CCn1c2c(sc1=S)CCCC2. The average molecular weight is 371 g/mol. The maximum Gasteiger partial charge on any atom is 0.161 e. The van der Waals surface area contributed by atoms with E-state index in [0.29, 0.717) is 6.04 Å². The summed E-state index contributed by atoms with van der Waals surface area (Å²) in [6.45, 7) is 2.07. The topological polar surface area (TPSA) is 8.17 Å². The first-order valence-electron chi connectivity index (χ1n) is 8.42. The van der Waals surface area contributed by atoms with Gasteiger partial charge in [0.2, 0.25) is 0 Å². The number of thiazole rings is 1. The minimum Gasteiger partial charge on any atom is -0.352 e. The zero-order chi connectivity index (χ0) is 15.1. The molecule has 2 unspecified atom stereocenters. The number of aromatic nitrogens is 1. The molecule has 0 spiro atoms. The van der Waals surface area contributed by atoms with Gasteiger partial charge in [0.05, 0.1) is 0 Å². The summed E-state index contributed by atoms with van der Waals surface area (Å²) in [7, 11) is 0. The molecule has 3 aliphatic rings. The Labute approximate surface area is 151 Å². The molecule has 1 aromatic heterocycles. The third kappa shape index (κ3) is 2.80. The van der Waals surface area contributed by atoms with Crippen LogP contribution in [0.5, 0.6) is 0 Å². The zero-order valence-electron chi connectivity index (χ0n) is 12.8. The molecule has 120 valence electrons. The number of aryl methyl sites for hydroxylation is 1. The molecule has 0 aromatic carbocycles. The molecule has 2 atom stereocenters. The number of hydrogen-bond acceptors (Lipinski definition) is 4. The van der Waals surface area contributed by atoms with Gasteiger partial charge in [-0.25, -0.2) is 0 Å². The first-order chi connectivity index (χ1) is 10.7. The highest BCUT2D eigenvalue weighted by Gasteiger charge is 2.39. The van der Waals surface area contributed by atoms with Crippen LogP contribution in [0.25, 0.3) is 0 Å². The van der Waals surface area contributed by atoms with E-state index in [1.165, 1.54) is 57.1 Å². The van der Waals surface area contributed by atoms with Crippen molar-refractivity contribution in [1.82, 2.24) is 9.47 Å². The van der Waals surface area contributed by atoms with E-state index < -0.39 is 0 Å². The normalized spacial score (nSPS) is 27.8. The van der Waals surface area contributed by atoms with Crippen LogP contribution in [0, 0.1) is 3.95 Å². The Morgan fingerprint density at radius 2 is 1.82 bits per heavy atom. The van der Waals surface area contributed by atoms with Crippen LogP contribution in [0.4, 0.5) is 0 Å². The lowest BCUT2D eigenvalue weighted by atomic mass is 9.94. The van der Waals surface area contributed by atoms with Crippen molar-refractivity contribution in [2.45, 2.75) is 69.2 Å². The molecule has 0 radical (unpaired) electrons. The van der Waals surface area contributed by atoms with Gasteiger partial charge in [-0.1, -0.05) is 36.8 Å². The standard InChI is InChI=1S/C16H22N2S4/c19-15-17(11-5-1-3-7-13(11)21-15)9-10-18-12-6-2-4-8-14(12)22-16(18)20/h11,13H,1-10H2. The predicted octanol–water partition coefficient (Wildman–Crippen LogP) is 4.80. The van der Waals surface area contributed by atoms with E-state index >= 15 is 0 Å². The van der Waals surface area contributed by atoms with Gasteiger partial charge in [-0.3, -0.25) is 0 Å². The molecular weight excluding hydrogens is 348 g/mol. The molecule has 1 aromatic rings. The summed E-state index contributed by atoms with van der Waals surface area (Å²) in [6.07, 6.45) is 10.5. The molecular formula is C16H22N2S4. The van der Waals surface area contributed by atoms with Crippen LogP contribution in [0.15, 0.2) is 0 Å². The number of fused-ring (bicyclic) bond motifs is 2. The van der Waals surface area contributed by atoms with Gasteiger partial charge < -0.3 is 9.47 Å². The Bertz CT molecular complexity index is 633. The van der Waals surface area contributed by atoms with E-state index in [1.54, 1.807) is 4.88 Å². The quantitative estimate of drug-likeness (QED) is 0.706. The molecule has 0 bridgehead atoms. The molecule has 2 fully saturated rings. The summed E-state index contributed by atoms with van der Waals surface area (Å²) < 4.78 is 4.62. The van der Waals surface area contributed by atoms with Crippen molar-refractivity contribution < 1.29 is 0 Å². The predicted molar refractivity (Wildman–Crippen MR) is 103 cm³/mol. The average Bonchev–Trinajstić information content (AvgIpc) is 3.01. The molecule has 2 aliphatic carbocycles. The third-order valence-corrected chi connectivity index (χ3v) is 8.63. The summed E-state index contributed by atoms with van der Waals surface area (Å²) in [5.41, 5.74) is 1.53. The number of nitrogens with zero attached hydrogens (tertiary/aromatic N) is 2. The van der Waals surface area contributed by atoms with Gasteiger partial charge >= 0.3 is 0 Å². The first-order valence-corrected chi connectivity index (χ1v) is 10.9. The van der Waals surface area contributed by atoms with Crippen LogP contribution < -0.4 is 0 Å². The third-order valence-electron chi connectivity index (χ3n) is 5.27. The Hall–Kier alpha value is 0.0900. The zero-order valence-corrected chi connectivity index (χ0v) is 16.0. The monoisotopic (exact) mass is 370 g/mol. The van der Waals surface area contributed by atoms with Crippen molar-refractivity contribution in [3.05, 3.63) is 14.5 Å². The van der Waals surface area contributed by atoms with E-state index in [-0.39, 0.29) is 0 Å². The summed E-state index contributed by atoms with van der Waals surface area (Å²) in [5.74, 6) is 0. The second kappa shape index (κ2) is 6.54. The van der Waals surface area contributed by atoms with Gasteiger partial charge in [-0.05, 0) is 50.7 Å². The lowest BCUT2D eigenvalue weighted by Gasteiger charge is -2.31. The lowest BCUT2D eigenvalue weighted by Crippen LogP contribution is -2.40. The number of thiocarbonyl (C=S) groups is 1. The molecule has 6 heteroatoms. The van der Waals surface area contributed by atoms with Gasteiger partial charge in [0.15, 0.2) is 3.95 Å². The maximum atomic E-state index is 5.66. The molecule has 1 aliphatic heterocycles. The highest BCUT2D eigenvalue weighted by Crippen LogP contribution is 2.40. The highest BCUT2D eigenvalue weighted by atomic mass is 32.2. The minimum atomic E-state index is 0.690. The Balaban J connectivity index is 1.50. The minimum absolute atomic E-state index is 0.690. The summed E-state index contributed by atoms with van der Waals surface area (Å²) in [6, 6.07) is 0.690. The molecule has 0 amide bonds. The van der Waals surface area contributed by atoms with Crippen molar-refractivity contribution in [1.29, 1.82) is 0 Å². The van der Waals surface area contributed by atoms with Crippen LogP contribution in [0.3, 0.4) is 0 Å². The second-order valence-electron chi connectivity index (χ2n) is 6.56. The van der Waals surface area contributed by atoms with Crippen molar-refractivity contribution in [2.75, 3.05) is 6.54 Å². The smallest absolute Gasteiger partial charge is 0.161 e. The van der Waals surface area contributed by atoms with Gasteiger partial charge in [-0.2, -0.15) is 0 Å². The van der Waals surface area contributed by atoms with E-state index in [9.17, 15) is 0 Å². The van der Waals surface area contributed by atoms with Crippen molar-refractivity contribution in [2.24, 2.45) is 0 Å². The molecule has 1 saturated heterocycles. The molecule has 1 saturated carbocycles. The van der Waals surface area contributed by atoms with Gasteiger partial charge in [0.25, 0.3) is 0 Å². The molecule has 2 nitrogen and oxygen atoms in total. The Morgan fingerprint density at radius 3 is 2.73 bits per heavy atom. The summed E-state index contributed by atoms with van der Waals surface area (Å²) >= 11 is 15.1. The van der Waals surface area contributed by atoms with Crippen LogP contribution >= 0.6 is 47.5 Å². The molecule has 2 heterocycles. The molecule has 0 N–H and O–H groups in total. The number of rotatable bonds is 3. The van der Waals surface area contributed by atoms with Gasteiger partial charge in [0, 0.05) is 35.0 Å². The Morgan fingerprint density at radius 1 is 1.00 bits per heavy atom. The Kier molecular flexibility index (Phi) is 4.64. The lowest BCUT2D eigenvalue weighted by molar-refractivity contribution is 0.260. The fourth-order valence-electron chi connectivity index (χ4n) is 4.12. The van der Waals surface area contributed by atoms with Crippen molar-refractivity contribution >= 4 is 51.9 Å². The first kappa shape index (κ1) is 15.6. The van der Waals surface area contributed by atoms with E-state index in [1.807, 2.05) is 23.1 Å². The van der Waals surface area contributed by atoms with Crippen LogP contribution in [0.1, 0.15) is 49.1 Å². The fourth-order valence-corrected chi connectivity index (χ4v) is 7.67. The molecule has 4 rings (SSSR count). The largest absolute Gasteiger partial charge is 0.352 e.